The molecule has 2 heterocycles. The van der Waals surface area contributed by atoms with Crippen molar-refractivity contribution in [2.45, 2.75) is 6.92 Å². The first-order valence-corrected chi connectivity index (χ1v) is 12.1. The van der Waals surface area contributed by atoms with Crippen molar-refractivity contribution in [3.63, 3.8) is 0 Å². The average Bonchev–Trinajstić information content (AvgIpc) is 2.94. The van der Waals surface area contributed by atoms with Gasteiger partial charge >= 0.3 is 12.0 Å². The summed E-state index contributed by atoms with van der Waals surface area (Å²) in [5.41, 5.74) is 4.04. The number of benzene rings is 3. The first-order chi connectivity index (χ1) is 18.4. The Morgan fingerprint density at radius 2 is 1.26 bits per heavy atom. The highest BCUT2D eigenvalue weighted by Crippen LogP contribution is 2.25. The minimum Gasteiger partial charge on any atom is -0.478 e. The number of urea groups is 1. The van der Waals surface area contributed by atoms with Crippen molar-refractivity contribution in [3.05, 3.63) is 83.9 Å². The molecule has 1 aliphatic rings. The van der Waals surface area contributed by atoms with Gasteiger partial charge in [-0.3, -0.25) is 0 Å². The minimum absolute atomic E-state index is 0.146. The summed E-state index contributed by atoms with van der Waals surface area (Å²) in [6, 6.07) is 20.7. The van der Waals surface area contributed by atoms with Crippen LogP contribution in [-0.2, 0) is 4.74 Å². The lowest BCUT2D eigenvalue weighted by Gasteiger charge is -2.27. The van der Waals surface area contributed by atoms with Crippen LogP contribution in [0, 0.1) is 6.92 Å². The molecule has 0 spiro atoms. The van der Waals surface area contributed by atoms with Gasteiger partial charge in [0.25, 0.3) is 0 Å². The molecule has 10 heteroatoms. The number of ether oxygens (including phenoxy) is 1. The SMILES string of the molecule is Cc1ccc(-c2nc(-c3ccc(NC(=O)Nc4ccc(C(=O)O)cc4)cc3)nc(N3CCOCC3)n2)cc1. The molecule has 10 nitrogen and oxygen atoms in total. The van der Waals surface area contributed by atoms with Gasteiger partial charge in [-0.1, -0.05) is 29.8 Å². The van der Waals surface area contributed by atoms with Gasteiger partial charge in [0, 0.05) is 35.6 Å². The van der Waals surface area contributed by atoms with Gasteiger partial charge in [-0.15, -0.1) is 0 Å². The van der Waals surface area contributed by atoms with Crippen LogP contribution in [-0.4, -0.2) is 58.4 Å². The third kappa shape index (κ3) is 5.93. The van der Waals surface area contributed by atoms with Crippen LogP contribution in [0.4, 0.5) is 22.1 Å². The smallest absolute Gasteiger partial charge is 0.335 e. The first kappa shape index (κ1) is 24.8. The van der Waals surface area contributed by atoms with Gasteiger partial charge in [0.15, 0.2) is 11.6 Å². The van der Waals surface area contributed by atoms with Crippen molar-refractivity contribution in [2.75, 3.05) is 41.8 Å². The molecule has 3 N–H and O–H groups in total. The van der Waals surface area contributed by atoms with Gasteiger partial charge in [-0.25, -0.2) is 14.6 Å². The predicted molar refractivity (Wildman–Crippen MR) is 145 cm³/mol. The average molecular weight is 511 g/mol. The minimum atomic E-state index is -1.03. The maximum Gasteiger partial charge on any atom is 0.335 e. The van der Waals surface area contributed by atoms with E-state index in [1.165, 1.54) is 24.3 Å². The van der Waals surface area contributed by atoms with Gasteiger partial charge in [0.05, 0.1) is 18.8 Å². The molecule has 3 aromatic carbocycles. The zero-order valence-electron chi connectivity index (χ0n) is 20.7. The zero-order chi connectivity index (χ0) is 26.5. The highest BCUT2D eigenvalue weighted by molar-refractivity contribution is 6.00. The number of aromatic nitrogens is 3. The topological polar surface area (TPSA) is 130 Å². The molecular weight excluding hydrogens is 484 g/mol. The summed E-state index contributed by atoms with van der Waals surface area (Å²) in [6.07, 6.45) is 0. The number of carbonyl (C=O) groups excluding carboxylic acids is 1. The fourth-order valence-electron chi connectivity index (χ4n) is 3.92. The molecule has 1 aromatic heterocycles. The number of carbonyl (C=O) groups is 2. The second-order valence-electron chi connectivity index (χ2n) is 8.79. The summed E-state index contributed by atoms with van der Waals surface area (Å²) in [6.45, 7) is 4.67. The number of aryl methyl sites for hydroxylation is 1. The molecule has 1 fully saturated rings. The highest BCUT2D eigenvalue weighted by atomic mass is 16.5. The molecule has 0 radical (unpaired) electrons. The summed E-state index contributed by atoms with van der Waals surface area (Å²) in [5.74, 6) is 0.699. The Labute approximate surface area is 219 Å². The van der Waals surface area contributed by atoms with Crippen LogP contribution < -0.4 is 15.5 Å². The van der Waals surface area contributed by atoms with Crippen LogP contribution in [0.2, 0.25) is 0 Å². The van der Waals surface area contributed by atoms with Gasteiger partial charge < -0.3 is 25.4 Å². The van der Waals surface area contributed by atoms with Gasteiger partial charge in [0.1, 0.15) is 0 Å². The maximum absolute atomic E-state index is 12.4. The molecule has 4 aromatic rings. The third-order valence-corrected chi connectivity index (χ3v) is 6.02. The summed E-state index contributed by atoms with van der Waals surface area (Å²) < 4.78 is 5.49. The number of anilines is 3. The molecule has 38 heavy (non-hydrogen) atoms. The summed E-state index contributed by atoms with van der Waals surface area (Å²) in [7, 11) is 0. The second-order valence-corrected chi connectivity index (χ2v) is 8.79. The molecule has 0 atom stereocenters. The van der Waals surface area contributed by atoms with Crippen molar-refractivity contribution in [1.82, 2.24) is 15.0 Å². The van der Waals surface area contributed by atoms with E-state index < -0.39 is 12.0 Å². The standard InChI is InChI=1S/C28H26N6O4/c1-18-2-4-19(5-3-18)24-31-25(33-27(32-24)34-14-16-38-17-15-34)20-6-10-22(11-7-20)29-28(37)30-23-12-8-21(9-13-23)26(35)36/h2-13H,14-17H2,1H3,(H,35,36)(H2,29,30,37). The van der Waals surface area contributed by atoms with E-state index >= 15 is 0 Å². The summed E-state index contributed by atoms with van der Waals surface area (Å²) in [5, 5.41) is 14.5. The van der Waals surface area contributed by atoms with E-state index in [0.29, 0.717) is 55.3 Å². The number of hydrogen-bond acceptors (Lipinski definition) is 7. The fraction of sp³-hybridized carbons (Fsp3) is 0.179. The molecule has 0 bridgehead atoms. The maximum atomic E-state index is 12.4. The third-order valence-electron chi connectivity index (χ3n) is 6.02. The van der Waals surface area contributed by atoms with Crippen molar-refractivity contribution in [3.8, 4) is 22.8 Å². The fourth-order valence-corrected chi connectivity index (χ4v) is 3.92. The number of nitrogens with zero attached hydrogens (tertiary/aromatic N) is 4. The van der Waals surface area contributed by atoms with Crippen LogP contribution in [0.25, 0.3) is 22.8 Å². The lowest BCUT2D eigenvalue weighted by Crippen LogP contribution is -2.37. The van der Waals surface area contributed by atoms with Crippen LogP contribution in [0.3, 0.4) is 0 Å². The number of carboxylic acids is 1. The quantitative estimate of drug-likeness (QED) is 0.341. The number of aromatic carboxylic acids is 1. The van der Waals surface area contributed by atoms with E-state index in [4.69, 9.17) is 24.8 Å². The monoisotopic (exact) mass is 510 g/mol. The van der Waals surface area contributed by atoms with Crippen LogP contribution in [0.15, 0.2) is 72.8 Å². The Bertz CT molecular complexity index is 1430. The largest absolute Gasteiger partial charge is 0.478 e. The molecule has 0 saturated carbocycles. The summed E-state index contributed by atoms with van der Waals surface area (Å²) >= 11 is 0. The van der Waals surface area contributed by atoms with Crippen molar-refractivity contribution < 1.29 is 19.4 Å². The normalized spacial score (nSPS) is 13.1. The van der Waals surface area contributed by atoms with E-state index in [1.807, 2.05) is 43.3 Å². The Kier molecular flexibility index (Phi) is 7.23. The molecule has 192 valence electrons. The zero-order valence-corrected chi connectivity index (χ0v) is 20.7. The lowest BCUT2D eigenvalue weighted by molar-refractivity contribution is 0.0697. The van der Waals surface area contributed by atoms with E-state index in [9.17, 15) is 9.59 Å². The molecule has 5 rings (SSSR count). The van der Waals surface area contributed by atoms with Gasteiger partial charge in [0.2, 0.25) is 5.95 Å². The predicted octanol–water partition coefficient (Wildman–Crippen LogP) is 4.69. The molecule has 1 saturated heterocycles. The van der Waals surface area contributed by atoms with Crippen LogP contribution >= 0.6 is 0 Å². The first-order valence-electron chi connectivity index (χ1n) is 12.1. The van der Waals surface area contributed by atoms with E-state index in [0.717, 1.165) is 16.7 Å². The lowest BCUT2D eigenvalue weighted by atomic mass is 10.1. The molecule has 1 aliphatic heterocycles. The number of nitrogens with one attached hydrogen (secondary N) is 2. The summed E-state index contributed by atoms with van der Waals surface area (Å²) in [4.78, 5) is 39.7. The highest BCUT2D eigenvalue weighted by Gasteiger charge is 2.18. The van der Waals surface area contributed by atoms with Gasteiger partial charge in [-0.2, -0.15) is 9.97 Å². The Balaban J connectivity index is 1.35. The van der Waals surface area contributed by atoms with Crippen molar-refractivity contribution in [1.29, 1.82) is 0 Å². The molecule has 0 aliphatic carbocycles. The number of amides is 2. The Morgan fingerprint density at radius 3 is 1.79 bits per heavy atom. The van der Waals surface area contributed by atoms with Crippen molar-refractivity contribution >= 4 is 29.3 Å². The number of morpholine rings is 1. The number of hydrogen-bond donors (Lipinski definition) is 3. The van der Waals surface area contributed by atoms with E-state index in [2.05, 4.69) is 15.5 Å². The Morgan fingerprint density at radius 1 is 0.763 bits per heavy atom. The van der Waals surface area contributed by atoms with E-state index in [1.54, 1.807) is 12.1 Å². The van der Waals surface area contributed by atoms with Gasteiger partial charge in [-0.05, 0) is 55.5 Å². The van der Waals surface area contributed by atoms with Crippen LogP contribution in [0.1, 0.15) is 15.9 Å². The second kappa shape index (κ2) is 11.1. The Hall–Kier alpha value is -4.83. The molecular formula is C28H26N6O4. The number of carboxylic acid groups (broad SMARTS) is 1. The molecule has 0 unspecified atom stereocenters. The number of rotatable bonds is 6. The van der Waals surface area contributed by atoms with Crippen LogP contribution in [0.5, 0.6) is 0 Å². The van der Waals surface area contributed by atoms with Crippen molar-refractivity contribution in [2.24, 2.45) is 0 Å². The molecule has 2 amide bonds. The van der Waals surface area contributed by atoms with E-state index in [-0.39, 0.29) is 5.56 Å².